The molecular formula is C10H19F3O4S. The van der Waals surface area contributed by atoms with Crippen molar-refractivity contribution in [1.82, 2.24) is 0 Å². The number of hydrogen-bond donors (Lipinski definition) is 0. The Morgan fingerprint density at radius 3 is 2.00 bits per heavy atom. The molecule has 0 unspecified atom stereocenters. The standard InChI is InChI=1S/C10H19F3O4S/c1-5-6-8(7-16-9(2,3)4)17-18(14,15)10(11,12)13/h8H,5-7H2,1-4H3/t8-/m1/s1. The third-order valence-corrected chi connectivity index (χ3v) is 2.95. The topological polar surface area (TPSA) is 52.6 Å². The Kier molecular flexibility index (Phi) is 6.09. The molecule has 0 rings (SSSR count). The summed E-state index contributed by atoms with van der Waals surface area (Å²) < 4.78 is 67.6. The van der Waals surface area contributed by atoms with Crippen LogP contribution < -0.4 is 0 Å². The fraction of sp³-hybridized carbons (Fsp3) is 1.00. The molecule has 8 heteroatoms. The van der Waals surface area contributed by atoms with Crippen molar-refractivity contribution in [2.45, 2.75) is 57.7 Å². The molecule has 4 nitrogen and oxygen atoms in total. The van der Waals surface area contributed by atoms with E-state index in [1.807, 2.05) is 0 Å². The average Bonchev–Trinajstić information content (AvgIpc) is 2.11. The van der Waals surface area contributed by atoms with E-state index in [0.29, 0.717) is 6.42 Å². The van der Waals surface area contributed by atoms with Gasteiger partial charge in [0.05, 0.1) is 12.2 Å². The Morgan fingerprint density at radius 2 is 1.67 bits per heavy atom. The van der Waals surface area contributed by atoms with Gasteiger partial charge in [-0.25, -0.2) is 0 Å². The summed E-state index contributed by atoms with van der Waals surface area (Å²) >= 11 is 0. The zero-order chi connectivity index (χ0) is 14.6. The zero-order valence-electron chi connectivity index (χ0n) is 10.9. The predicted octanol–water partition coefficient (Wildman–Crippen LogP) is 2.84. The fourth-order valence-corrected chi connectivity index (χ4v) is 1.68. The summed E-state index contributed by atoms with van der Waals surface area (Å²) in [6.45, 7) is 6.66. The Hall–Kier alpha value is -0.340. The van der Waals surface area contributed by atoms with Crippen LogP contribution >= 0.6 is 0 Å². The van der Waals surface area contributed by atoms with Crippen molar-refractivity contribution in [3.8, 4) is 0 Å². The highest BCUT2D eigenvalue weighted by atomic mass is 32.2. The van der Waals surface area contributed by atoms with Crippen LogP contribution in [0.4, 0.5) is 13.2 Å². The van der Waals surface area contributed by atoms with Crippen molar-refractivity contribution >= 4 is 10.1 Å². The highest BCUT2D eigenvalue weighted by molar-refractivity contribution is 7.87. The van der Waals surface area contributed by atoms with Gasteiger partial charge in [-0.2, -0.15) is 21.6 Å². The number of halogens is 3. The summed E-state index contributed by atoms with van der Waals surface area (Å²) in [6.07, 6.45) is -0.461. The van der Waals surface area contributed by atoms with Gasteiger partial charge in [-0.05, 0) is 27.2 Å². The first-order chi connectivity index (χ1) is 7.89. The monoisotopic (exact) mass is 292 g/mol. The SMILES string of the molecule is CCC[C@H](COC(C)(C)C)OS(=O)(=O)C(F)(F)F. The lowest BCUT2D eigenvalue weighted by atomic mass is 10.2. The third-order valence-electron chi connectivity index (χ3n) is 1.86. The summed E-state index contributed by atoms with van der Waals surface area (Å²) in [4.78, 5) is 0. The van der Waals surface area contributed by atoms with Gasteiger partial charge in [0, 0.05) is 0 Å². The first-order valence-electron chi connectivity index (χ1n) is 5.52. The summed E-state index contributed by atoms with van der Waals surface area (Å²) in [5.41, 5.74) is -5.97. The molecule has 0 aromatic carbocycles. The van der Waals surface area contributed by atoms with Crippen LogP contribution in [0.1, 0.15) is 40.5 Å². The van der Waals surface area contributed by atoms with E-state index in [9.17, 15) is 21.6 Å². The Bertz CT molecular complexity index is 343. The molecule has 0 N–H and O–H groups in total. The van der Waals surface area contributed by atoms with E-state index in [-0.39, 0.29) is 13.0 Å². The van der Waals surface area contributed by atoms with Crippen LogP contribution in [0, 0.1) is 0 Å². The van der Waals surface area contributed by atoms with Crippen molar-refractivity contribution in [2.24, 2.45) is 0 Å². The molecule has 0 aliphatic rings. The molecule has 0 saturated carbocycles. The molecule has 0 heterocycles. The molecule has 0 aromatic rings. The predicted molar refractivity (Wildman–Crippen MR) is 60.5 cm³/mol. The van der Waals surface area contributed by atoms with E-state index in [2.05, 4.69) is 4.18 Å². The molecule has 0 radical (unpaired) electrons. The molecule has 0 saturated heterocycles. The van der Waals surface area contributed by atoms with Crippen molar-refractivity contribution < 1.29 is 30.5 Å². The Labute approximate surface area is 106 Å². The third kappa shape index (κ3) is 6.55. The molecule has 0 aromatic heterocycles. The van der Waals surface area contributed by atoms with E-state index in [0.717, 1.165) is 0 Å². The maximum atomic E-state index is 12.2. The van der Waals surface area contributed by atoms with Gasteiger partial charge in [-0.1, -0.05) is 13.3 Å². The van der Waals surface area contributed by atoms with Gasteiger partial charge in [0.15, 0.2) is 0 Å². The minimum Gasteiger partial charge on any atom is -0.373 e. The first kappa shape index (κ1) is 17.7. The quantitative estimate of drug-likeness (QED) is 0.558. The van der Waals surface area contributed by atoms with Crippen molar-refractivity contribution in [2.75, 3.05) is 6.61 Å². The second-order valence-corrected chi connectivity index (χ2v) is 6.39. The second kappa shape index (κ2) is 6.21. The Balaban J connectivity index is 4.64. The highest BCUT2D eigenvalue weighted by Gasteiger charge is 2.48. The van der Waals surface area contributed by atoms with Crippen molar-refractivity contribution in [1.29, 1.82) is 0 Å². The van der Waals surface area contributed by atoms with Crippen LogP contribution in [0.2, 0.25) is 0 Å². The molecule has 0 fully saturated rings. The highest BCUT2D eigenvalue weighted by Crippen LogP contribution is 2.27. The largest absolute Gasteiger partial charge is 0.523 e. The van der Waals surface area contributed by atoms with Gasteiger partial charge in [0.25, 0.3) is 0 Å². The molecule has 0 aliphatic carbocycles. The van der Waals surface area contributed by atoms with Crippen LogP contribution in [0.5, 0.6) is 0 Å². The minimum atomic E-state index is -5.57. The summed E-state index contributed by atoms with van der Waals surface area (Å²) in [5.74, 6) is 0. The molecule has 0 bridgehead atoms. The van der Waals surface area contributed by atoms with Gasteiger partial charge in [0.2, 0.25) is 0 Å². The molecule has 0 spiro atoms. The van der Waals surface area contributed by atoms with Crippen LogP contribution in [-0.4, -0.2) is 32.2 Å². The first-order valence-corrected chi connectivity index (χ1v) is 6.93. The zero-order valence-corrected chi connectivity index (χ0v) is 11.7. The van der Waals surface area contributed by atoms with Gasteiger partial charge in [0.1, 0.15) is 6.10 Å². The van der Waals surface area contributed by atoms with E-state index in [1.165, 1.54) is 0 Å². The van der Waals surface area contributed by atoms with Crippen molar-refractivity contribution in [3.05, 3.63) is 0 Å². The van der Waals surface area contributed by atoms with Gasteiger partial charge in [-0.3, -0.25) is 4.18 Å². The maximum Gasteiger partial charge on any atom is 0.523 e. The van der Waals surface area contributed by atoms with Crippen molar-refractivity contribution in [3.63, 3.8) is 0 Å². The summed E-state index contributed by atoms with van der Waals surface area (Å²) in [7, 11) is -5.57. The van der Waals surface area contributed by atoms with E-state index < -0.39 is 27.3 Å². The number of hydrogen-bond acceptors (Lipinski definition) is 4. The van der Waals surface area contributed by atoms with Gasteiger partial charge < -0.3 is 4.74 Å². The molecular weight excluding hydrogens is 273 g/mol. The smallest absolute Gasteiger partial charge is 0.373 e. The number of rotatable bonds is 6. The molecule has 110 valence electrons. The van der Waals surface area contributed by atoms with Gasteiger partial charge >= 0.3 is 15.6 Å². The van der Waals surface area contributed by atoms with Crippen LogP contribution in [0.15, 0.2) is 0 Å². The average molecular weight is 292 g/mol. The van der Waals surface area contributed by atoms with E-state index in [4.69, 9.17) is 4.74 Å². The minimum absolute atomic E-state index is 0.172. The Morgan fingerprint density at radius 1 is 1.17 bits per heavy atom. The lowest BCUT2D eigenvalue weighted by Gasteiger charge is -2.24. The van der Waals surface area contributed by atoms with Crippen LogP contribution in [0.3, 0.4) is 0 Å². The van der Waals surface area contributed by atoms with Gasteiger partial charge in [-0.15, -0.1) is 0 Å². The molecule has 0 aliphatic heterocycles. The number of ether oxygens (including phenoxy) is 1. The molecule has 0 amide bonds. The fourth-order valence-electron chi connectivity index (χ4n) is 1.06. The molecule has 1 atom stereocenters. The lowest BCUT2D eigenvalue weighted by Crippen LogP contribution is -2.34. The lowest BCUT2D eigenvalue weighted by molar-refractivity contribution is -0.0715. The van der Waals surface area contributed by atoms with E-state index >= 15 is 0 Å². The summed E-state index contributed by atoms with van der Waals surface area (Å²) in [5, 5.41) is 0. The maximum absolute atomic E-state index is 12.2. The second-order valence-electron chi connectivity index (χ2n) is 4.83. The van der Waals surface area contributed by atoms with E-state index in [1.54, 1.807) is 27.7 Å². The van der Waals surface area contributed by atoms with Crippen LogP contribution in [-0.2, 0) is 19.0 Å². The normalized spacial score (nSPS) is 15.7. The number of alkyl halides is 3. The summed E-state index contributed by atoms with van der Waals surface area (Å²) in [6, 6.07) is 0. The van der Waals surface area contributed by atoms with Crippen LogP contribution in [0.25, 0.3) is 0 Å². The molecule has 18 heavy (non-hydrogen) atoms.